The molecule has 1 aromatic carbocycles. The van der Waals surface area contributed by atoms with E-state index in [9.17, 15) is 19.8 Å². The van der Waals surface area contributed by atoms with E-state index in [1.165, 1.54) is 55.5 Å². The molecule has 0 fully saturated rings. The number of carboxylic acid groups (broad SMARTS) is 2. The van der Waals surface area contributed by atoms with E-state index >= 15 is 0 Å². The third-order valence-electron chi connectivity index (χ3n) is 9.12. The zero-order valence-electron chi connectivity index (χ0n) is 26.9. The maximum atomic E-state index is 11.9. The first kappa shape index (κ1) is 33.8. The van der Waals surface area contributed by atoms with Crippen LogP contribution in [0.25, 0.3) is 11.1 Å². The first-order valence-corrected chi connectivity index (χ1v) is 19.4. The summed E-state index contributed by atoms with van der Waals surface area (Å²) in [5, 5.41) is 21.5. The van der Waals surface area contributed by atoms with Gasteiger partial charge in [-0.15, -0.1) is 22.7 Å². The number of nitrogens with one attached hydrogen (secondary N) is 2. The van der Waals surface area contributed by atoms with Crippen molar-refractivity contribution in [3.05, 3.63) is 99.3 Å². The SMILES string of the molecule is CCCCC(CC)Cc1ccc(N(c2ccc(C3=CC=C(C(=O)O)C4NSN=C34)s2)c2ccc(C3=CC=C(C(=O)O)C4=NSNC34)s2)cc1. The number of carbonyl (C=O) groups is 2. The summed E-state index contributed by atoms with van der Waals surface area (Å²) in [6.45, 7) is 4.53. The maximum Gasteiger partial charge on any atom is 0.337 e. The zero-order chi connectivity index (χ0) is 34.1. The number of allylic oxidation sites excluding steroid dienone is 4. The van der Waals surface area contributed by atoms with Crippen LogP contribution in [-0.4, -0.2) is 45.7 Å². The fourth-order valence-corrected chi connectivity index (χ4v) is 10.1. The topological polar surface area (TPSA) is 127 Å². The van der Waals surface area contributed by atoms with Gasteiger partial charge in [-0.05, 0) is 72.0 Å². The van der Waals surface area contributed by atoms with Crippen LogP contribution in [0.5, 0.6) is 0 Å². The number of unbranched alkanes of at least 4 members (excludes halogenated alkanes) is 1. The molecule has 3 unspecified atom stereocenters. The second-order valence-electron chi connectivity index (χ2n) is 12.2. The summed E-state index contributed by atoms with van der Waals surface area (Å²) in [5.41, 5.74) is 6.00. The lowest BCUT2D eigenvalue weighted by molar-refractivity contribution is -0.133. The largest absolute Gasteiger partial charge is 0.478 e. The van der Waals surface area contributed by atoms with Gasteiger partial charge < -0.3 is 10.2 Å². The molecule has 2 aliphatic heterocycles. The smallest absolute Gasteiger partial charge is 0.337 e. The Morgan fingerprint density at radius 2 is 1.51 bits per heavy atom. The first-order chi connectivity index (χ1) is 23.9. The third-order valence-corrected chi connectivity index (χ3v) is 12.6. The monoisotopic (exact) mass is 729 g/mol. The van der Waals surface area contributed by atoms with Gasteiger partial charge in [-0.1, -0.05) is 63.8 Å². The number of hydrogen-bond acceptors (Lipinski definition) is 11. The minimum absolute atomic E-state index is 0.209. The molecule has 4 heterocycles. The number of thiophene rings is 2. The number of fused-ring (bicyclic) bond motifs is 2. The van der Waals surface area contributed by atoms with Crippen molar-refractivity contribution in [2.75, 3.05) is 4.90 Å². The molecule has 2 aliphatic carbocycles. The number of rotatable bonds is 13. The molecule has 0 saturated carbocycles. The van der Waals surface area contributed by atoms with Crippen LogP contribution in [0.4, 0.5) is 15.7 Å². The van der Waals surface area contributed by atoms with Crippen LogP contribution in [-0.2, 0) is 16.0 Å². The van der Waals surface area contributed by atoms with Gasteiger partial charge in [-0.2, -0.15) is 0 Å². The molecule has 0 spiro atoms. The summed E-state index contributed by atoms with van der Waals surface area (Å²) in [6, 6.07) is 16.5. The van der Waals surface area contributed by atoms with Crippen molar-refractivity contribution in [1.82, 2.24) is 9.44 Å². The molecule has 49 heavy (non-hydrogen) atoms. The fraction of sp³-hybridized carbons (Fsp3) is 0.278. The van der Waals surface area contributed by atoms with E-state index in [1.807, 2.05) is 12.2 Å². The molecule has 0 bridgehead atoms. The minimum Gasteiger partial charge on any atom is -0.478 e. The molecule has 3 aromatic rings. The van der Waals surface area contributed by atoms with Gasteiger partial charge in [0.2, 0.25) is 0 Å². The highest BCUT2D eigenvalue weighted by molar-refractivity contribution is 7.96. The van der Waals surface area contributed by atoms with Crippen LogP contribution >= 0.6 is 46.9 Å². The van der Waals surface area contributed by atoms with Crippen molar-refractivity contribution in [3.63, 3.8) is 0 Å². The van der Waals surface area contributed by atoms with Crippen LogP contribution in [0.2, 0.25) is 0 Å². The second kappa shape index (κ2) is 14.6. The summed E-state index contributed by atoms with van der Waals surface area (Å²) in [4.78, 5) is 28.0. The van der Waals surface area contributed by atoms with Gasteiger partial charge in [0.15, 0.2) is 0 Å². The van der Waals surface area contributed by atoms with Gasteiger partial charge in [0.1, 0.15) is 10.0 Å². The third kappa shape index (κ3) is 6.75. The van der Waals surface area contributed by atoms with Crippen molar-refractivity contribution in [1.29, 1.82) is 0 Å². The van der Waals surface area contributed by atoms with E-state index in [1.54, 1.807) is 34.8 Å². The maximum absolute atomic E-state index is 11.9. The Labute approximate surface area is 301 Å². The molecule has 4 N–H and O–H groups in total. The fourth-order valence-electron chi connectivity index (χ4n) is 6.44. The molecule has 252 valence electrons. The van der Waals surface area contributed by atoms with Crippen molar-refractivity contribution in [2.24, 2.45) is 14.7 Å². The highest BCUT2D eigenvalue weighted by Crippen LogP contribution is 2.46. The van der Waals surface area contributed by atoms with Crippen molar-refractivity contribution >= 4 is 97.1 Å². The van der Waals surface area contributed by atoms with E-state index in [2.05, 4.69) is 85.5 Å². The number of carboxylic acids is 2. The Balaban J connectivity index is 1.25. The van der Waals surface area contributed by atoms with Crippen LogP contribution < -0.4 is 14.3 Å². The van der Waals surface area contributed by atoms with Gasteiger partial charge in [0, 0.05) is 21.0 Å². The molecule has 0 radical (unpaired) electrons. The highest BCUT2D eigenvalue weighted by atomic mass is 32.2. The van der Waals surface area contributed by atoms with Crippen LogP contribution in [0.1, 0.15) is 54.8 Å². The Bertz CT molecular complexity index is 1970. The van der Waals surface area contributed by atoms with E-state index in [4.69, 9.17) is 0 Å². The van der Waals surface area contributed by atoms with E-state index in [0.29, 0.717) is 11.6 Å². The Morgan fingerprint density at radius 1 is 0.816 bits per heavy atom. The summed E-state index contributed by atoms with van der Waals surface area (Å²) < 4.78 is 15.3. The Hall–Kier alpha value is -3.72. The lowest BCUT2D eigenvalue weighted by atomic mass is 9.91. The minimum atomic E-state index is -0.985. The van der Waals surface area contributed by atoms with Gasteiger partial charge in [-0.3, -0.25) is 4.90 Å². The Morgan fingerprint density at radius 3 is 2.20 bits per heavy atom. The zero-order valence-corrected chi connectivity index (χ0v) is 30.1. The summed E-state index contributed by atoms with van der Waals surface area (Å²) in [6.07, 6.45) is 13.0. The molecule has 0 saturated heterocycles. The number of benzene rings is 1. The molecule has 9 nitrogen and oxygen atoms in total. The number of anilines is 3. The molecular formula is C36H35N5O4S4. The normalized spacial score (nSPS) is 20.3. The quantitative estimate of drug-likeness (QED) is 0.128. The number of nitrogens with zero attached hydrogens (tertiary/aromatic N) is 3. The van der Waals surface area contributed by atoms with Gasteiger partial charge in [-0.25, -0.2) is 27.8 Å². The molecule has 7 rings (SSSR count). The molecular weight excluding hydrogens is 695 g/mol. The summed E-state index contributed by atoms with van der Waals surface area (Å²) in [5.74, 6) is -1.27. The van der Waals surface area contributed by atoms with Crippen LogP contribution in [0.3, 0.4) is 0 Å². The van der Waals surface area contributed by atoms with Gasteiger partial charge >= 0.3 is 11.9 Å². The van der Waals surface area contributed by atoms with Gasteiger partial charge in [0.25, 0.3) is 0 Å². The van der Waals surface area contributed by atoms with E-state index < -0.39 is 18.0 Å². The number of aliphatic carboxylic acids is 2. The predicted octanol–water partition coefficient (Wildman–Crippen LogP) is 8.81. The average Bonchev–Trinajstić information content (AvgIpc) is 3.94. The van der Waals surface area contributed by atoms with Crippen molar-refractivity contribution in [3.8, 4) is 0 Å². The predicted molar refractivity (Wildman–Crippen MR) is 205 cm³/mol. The summed E-state index contributed by atoms with van der Waals surface area (Å²) >= 11 is 5.62. The molecule has 13 heteroatoms. The second-order valence-corrected chi connectivity index (χ2v) is 15.5. The molecule has 4 aliphatic rings. The lowest BCUT2D eigenvalue weighted by Crippen LogP contribution is -2.35. The molecule has 0 amide bonds. The average molecular weight is 730 g/mol. The number of hydrogen-bond donors (Lipinski definition) is 4. The van der Waals surface area contributed by atoms with Crippen LogP contribution in [0, 0.1) is 5.92 Å². The van der Waals surface area contributed by atoms with Crippen molar-refractivity contribution in [2.45, 2.75) is 58.0 Å². The molecule has 2 aromatic heterocycles. The van der Waals surface area contributed by atoms with E-state index in [0.717, 1.165) is 48.7 Å². The van der Waals surface area contributed by atoms with Gasteiger partial charge in [0.05, 0.1) is 58.9 Å². The van der Waals surface area contributed by atoms with E-state index in [-0.39, 0.29) is 17.2 Å². The Kier molecular flexibility index (Phi) is 10.1. The molecule has 3 atom stereocenters. The summed E-state index contributed by atoms with van der Waals surface area (Å²) in [7, 11) is 0. The highest BCUT2D eigenvalue weighted by Gasteiger charge is 2.36. The standard InChI is InChI=1S/C36H35N5O4S4/c1-3-5-6-20(4-2)19-21-7-9-22(10-8-21)41(29-17-15-27(46-29)23-11-13-25(35(42)43)33-31(23)37-48-39-33)30-18-16-28(47-30)24-12-14-26(36(44)45)34-32(24)38-49-40-34/h7-18,20,31,34,37,40H,3-6,19H2,1-2H3,(H,42,43)(H,44,45). The van der Waals surface area contributed by atoms with Crippen molar-refractivity contribution < 1.29 is 19.8 Å². The van der Waals surface area contributed by atoms with Crippen LogP contribution in [0.15, 0.2) is 92.8 Å². The lowest BCUT2D eigenvalue weighted by Gasteiger charge is -2.23. The first-order valence-electron chi connectivity index (χ1n) is 16.3.